The third-order valence-electron chi connectivity index (χ3n) is 3.83. The number of nitrogens with one attached hydrogen (secondary N) is 1. The first-order chi connectivity index (χ1) is 11.5. The number of hydrogen-bond acceptors (Lipinski definition) is 5. The molecule has 0 saturated heterocycles. The van der Waals surface area contributed by atoms with Crippen LogP contribution in [0.3, 0.4) is 0 Å². The van der Waals surface area contributed by atoms with Crippen molar-refractivity contribution in [3.05, 3.63) is 53.3 Å². The van der Waals surface area contributed by atoms with Crippen LogP contribution in [0.25, 0.3) is 0 Å². The number of benzene rings is 2. The molecular formula is C16H19ClFN3O2S. The Morgan fingerprint density at radius 3 is 2.50 bits per heavy atom. The fourth-order valence-electron chi connectivity index (χ4n) is 2.76. The SMILES string of the molecule is CNCCCN1c2ccccc2N(c2ccc(F)cc2Cl)S1(O)O. The highest BCUT2D eigenvalue weighted by Crippen LogP contribution is 2.64. The lowest BCUT2D eigenvalue weighted by Gasteiger charge is -2.44. The molecule has 3 rings (SSSR count). The molecule has 0 atom stereocenters. The van der Waals surface area contributed by atoms with Crippen molar-refractivity contribution in [2.24, 2.45) is 0 Å². The van der Waals surface area contributed by atoms with Gasteiger partial charge >= 0.3 is 0 Å². The molecule has 0 spiro atoms. The molecular weight excluding hydrogens is 353 g/mol. The molecule has 0 radical (unpaired) electrons. The van der Waals surface area contributed by atoms with Gasteiger partial charge in [-0.15, -0.1) is 0 Å². The Balaban J connectivity index is 2.06. The van der Waals surface area contributed by atoms with Crippen LogP contribution in [0.4, 0.5) is 21.5 Å². The first-order valence-corrected chi connectivity index (χ1v) is 9.35. The van der Waals surface area contributed by atoms with Gasteiger partial charge in [-0.3, -0.25) is 13.4 Å². The van der Waals surface area contributed by atoms with E-state index in [1.165, 1.54) is 22.5 Å². The smallest absolute Gasteiger partial charge is 0.124 e. The van der Waals surface area contributed by atoms with Crippen LogP contribution in [-0.2, 0) is 0 Å². The van der Waals surface area contributed by atoms with E-state index in [4.69, 9.17) is 11.6 Å². The lowest BCUT2D eigenvalue weighted by atomic mass is 10.2. The first kappa shape index (κ1) is 17.3. The minimum Gasteiger partial charge on any atom is -0.320 e. The van der Waals surface area contributed by atoms with Gasteiger partial charge in [0.1, 0.15) is 5.82 Å². The third kappa shape index (κ3) is 2.94. The summed E-state index contributed by atoms with van der Waals surface area (Å²) in [5, 5.41) is 3.17. The summed E-state index contributed by atoms with van der Waals surface area (Å²) in [6, 6.07) is 11.2. The molecule has 1 aliphatic heterocycles. The summed E-state index contributed by atoms with van der Waals surface area (Å²) in [4.78, 5) is 0. The van der Waals surface area contributed by atoms with E-state index in [0.29, 0.717) is 23.6 Å². The maximum absolute atomic E-state index is 13.4. The van der Waals surface area contributed by atoms with Crippen molar-refractivity contribution >= 4 is 39.6 Å². The molecule has 0 amide bonds. The molecule has 3 N–H and O–H groups in total. The van der Waals surface area contributed by atoms with Crippen molar-refractivity contribution in [2.75, 3.05) is 28.7 Å². The zero-order valence-electron chi connectivity index (χ0n) is 13.1. The van der Waals surface area contributed by atoms with Crippen molar-refractivity contribution in [3.63, 3.8) is 0 Å². The van der Waals surface area contributed by atoms with E-state index in [-0.39, 0.29) is 5.02 Å². The van der Waals surface area contributed by atoms with E-state index in [2.05, 4.69) is 5.32 Å². The average Bonchev–Trinajstić information content (AvgIpc) is 2.76. The minimum absolute atomic E-state index is 0.127. The van der Waals surface area contributed by atoms with E-state index in [0.717, 1.165) is 13.0 Å². The van der Waals surface area contributed by atoms with E-state index in [9.17, 15) is 13.5 Å². The van der Waals surface area contributed by atoms with E-state index >= 15 is 0 Å². The highest BCUT2D eigenvalue weighted by Gasteiger charge is 2.41. The molecule has 2 aromatic rings. The highest BCUT2D eigenvalue weighted by atomic mass is 35.5. The lowest BCUT2D eigenvalue weighted by Crippen LogP contribution is -2.33. The molecule has 5 nitrogen and oxygen atoms in total. The van der Waals surface area contributed by atoms with Crippen LogP contribution < -0.4 is 13.9 Å². The zero-order chi connectivity index (χ0) is 17.3. The van der Waals surface area contributed by atoms with E-state index in [1.807, 2.05) is 25.2 Å². The highest BCUT2D eigenvalue weighted by molar-refractivity contribution is 8.27. The van der Waals surface area contributed by atoms with Gasteiger partial charge in [-0.2, -0.15) is 0 Å². The molecule has 2 aromatic carbocycles. The summed E-state index contributed by atoms with van der Waals surface area (Å²) >= 11 is 6.16. The van der Waals surface area contributed by atoms with Gasteiger partial charge in [-0.1, -0.05) is 23.7 Å². The van der Waals surface area contributed by atoms with Crippen molar-refractivity contribution in [2.45, 2.75) is 6.42 Å². The molecule has 0 unspecified atom stereocenters. The summed E-state index contributed by atoms with van der Waals surface area (Å²) in [5.41, 5.74) is 1.71. The minimum atomic E-state index is -3.32. The van der Waals surface area contributed by atoms with E-state index in [1.54, 1.807) is 10.4 Å². The third-order valence-corrected chi connectivity index (χ3v) is 5.98. The number of fused-ring (bicyclic) bond motifs is 1. The maximum atomic E-state index is 13.4. The molecule has 0 saturated carbocycles. The second kappa shape index (κ2) is 6.78. The quantitative estimate of drug-likeness (QED) is 0.669. The van der Waals surface area contributed by atoms with Crippen molar-refractivity contribution in [3.8, 4) is 0 Å². The van der Waals surface area contributed by atoms with Gasteiger partial charge in [-0.05, 0) is 61.3 Å². The van der Waals surface area contributed by atoms with Crippen molar-refractivity contribution < 1.29 is 13.5 Å². The second-order valence-corrected chi connectivity index (χ2v) is 7.62. The van der Waals surface area contributed by atoms with Gasteiger partial charge in [0, 0.05) is 6.54 Å². The normalized spacial score (nSPS) is 17.0. The van der Waals surface area contributed by atoms with Crippen molar-refractivity contribution in [1.82, 2.24) is 5.32 Å². The molecule has 0 aromatic heterocycles. The largest absolute Gasteiger partial charge is 0.320 e. The number of nitrogens with zero attached hydrogens (tertiary/aromatic N) is 2. The van der Waals surface area contributed by atoms with E-state index < -0.39 is 16.8 Å². The van der Waals surface area contributed by atoms with Gasteiger partial charge < -0.3 is 5.32 Å². The molecule has 24 heavy (non-hydrogen) atoms. The maximum Gasteiger partial charge on any atom is 0.124 e. The Bertz CT molecular complexity index is 747. The number of hydrogen-bond donors (Lipinski definition) is 3. The number of para-hydroxylation sites is 2. The molecule has 1 aliphatic rings. The predicted octanol–water partition coefficient (Wildman–Crippen LogP) is 4.63. The summed E-state index contributed by atoms with van der Waals surface area (Å²) in [7, 11) is -1.48. The van der Waals surface area contributed by atoms with Crippen LogP contribution in [-0.4, -0.2) is 29.2 Å². The fourth-order valence-corrected chi connectivity index (χ4v) is 4.89. The summed E-state index contributed by atoms with van der Waals surface area (Å²) < 4.78 is 38.1. The number of rotatable bonds is 5. The Hall–Kier alpha value is -1.51. The standard InChI is InChI=1S/C16H19ClFN3O2S/c1-19-9-4-10-20-15-5-2-3-6-16(15)21(24(20,22)23)14-8-7-12(18)11-13(14)17/h2-3,5-8,11,19,22-23H,4,9-10H2,1H3. The Labute approximate surface area is 147 Å². The average molecular weight is 372 g/mol. The molecule has 0 bridgehead atoms. The predicted molar refractivity (Wildman–Crippen MR) is 98.7 cm³/mol. The zero-order valence-corrected chi connectivity index (χ0v) is 14.7. The Morgan fingerprint density at radius 1 is 1.12 bits per heavy atom. The van der Waals surface area contributed by atoms with Gasteiger partial charge in [0.15, 0.2) is 0 Å². The molecule has 130 valence electrons. The van der Waals surface area contributed by atoms with Crippen LogP contribution in [0.5, 0.6) is 0 Å². The van der Waals surface area contributed by atoms with Crippen molar-refractivity contribution in [1.29, 1.82) is 0 Å². The fraction of sp³-hybridized carbons (Fsp3) is 0.250. The molecule has 1 heterocycles. The molecule has 8 heteroatoms. The van der Waals surface area contributed by atoms with Crippen LogP contribution in [0.2, 0.25) is 5.02 Å². The van der Waals surface area contributed by atoms with Gasteiger partial charge in [0.2, 0.25) is 0 Å². The van der Waals surface area contributed by atoms with Crippen LogP contribution in [0.15, 0.2) is 42.5 Å². The Kier molecular flexibility index (Phi) is 4.89. The monoisotopic (exact) mass is 371 g/mol. The first-order valence-electron chi connectivity index (χ1n) is 7.51. The van der Waals surface area contributed by atoms with Gasteiger partial charge in [-0.25, -0.2) is 8.70 Å². The molecule has 0 aliphatic carbocycles. The van der Waals surface area contributed by atoms with Gasteiger partial charge in [0.05, 0.1) is 22.1 Å². The Morgan fingerprint density at radius 2 is 1.83 bits per heavy atom. The summed E-state index contributed by atoms with van der Waals surface area (Å²) in [6.07, 6.45) is 0.742. The van der Waals surface area contributed by atoms with Gasteiger partial charge in [0.25, 0.3) is 0 Å². The summed E-state index contributed by atoms with van der Waals surface area (Å²) in [6.45, 7) is 1.22. The van der Waals surface area contributed by atoms with Crippen LogP contribution >= 0.6 is 22.6 Å². The summed E-state index contributed by atoms with van der Waals surface area (Å²) in [5.74, 6) is -0.474. The lowest BCUT2D eigenvalue weighted by molar-refractivity contribution is 0.483. The molecule has 0 fully saturated rings. The second-order valence-electron chi connectivity index (χ2n) is 5.43. The number of halogens is 2. The topological polar surface area (TPSA) is 59.0 Å². The number of anilines is 3. The van der Waals surface area contributed by atoms with Crippen LogP contribution in [0, 0.1) is 5.82 Å². The van der Waals surface area contributed by atoms with Crippen LogP contribution in [0.1, 0.15) is 6.42 Å².